The van der Waals surface area contributed by atoms with Gasteiger partial charge in [-0.25, -0.2) is 0 Å². The average Bonchev–Trinajstić information content (AvgIpc) is 2.35. The highest BCUT2D eigenvalue weighted by Gasteiger charge is 2.11. The van der Waals surface area contributed by atoms with Gasteiger partial charge in [-0.1, -0.05) is 17.7 Å². The van der Waals surface area contributed by atoms with E-state index < -0.39 is 0 Å². The Morgan fingerprint density at radius 2 is 1.75 bits per heavy atom. The first-order chi connectivity index (χ1) is 9.38. The molecule has 3 N–H and O–H groups in total. The van der Waals surface area contributed by atoms with Crippen LogP contribution in [0.2, 0.25) is 5.02 Å². The van der Waals surface area contributed by atoms with Gasteiger partial charge in [0.15, 0.2) is 0 Å². The van der Waals surface area contributed by atoms with Crippen molar-refractivity contribution >= 4 is 28.9 Å². The van der Waals surface area contributed by atoms with Gasteiger partial charge in [0.2, 0.25) is 0 Å². The maximum Gasteiger partial charge on any atom is 0.255 e. The highest BCUT2D eigenvalue weighted by atomic mass is 35.5. The molecular weight excluding hydrogens is 272 g/mol. The van der Waals surface area contributed by atoms with Gasteiger partial charge in [-0.15, -0.1) is 0 Å². The van der Waals surface area contributed by atoms with Crippen LogP contribution in [-0.2, 0) is 0 Å². The van der Waals surface area contributed by atoms with Gasteiger partial charge in [-0.05, 0) is 61.7 Å². The minimum absolute atomic E-state index is 0.162. The normalized spacial score (nSPS) is 10.4. The van der Waals surface area contributed by atoms with Gasteiger partial charge < -0.3 is 11.1 Å². The third-order valence-corrected chi connectivity index (χ3v) is 3.53. The van der Waals surface area contributed by atoms with Crippen LogP contribution in [-0.4, -0.2) is 5.91 Å². The molecule has 1 amide bonds. The Morgan fingerprint density at radius 1 is 1.05 bits per heavy atom. The number of nitrogens with two attached hydrogens (primary N) is 1. The molecule has 2 aromatic rings. The number of benzene rings is 2. The molecule has 0 spiro atoms. The van der Waals surface area contributed by atoms with Gasteiger partial charge in [0, 0.05) is 22.0 Å². The van der Waals surface area contributed by atoms with Gasteiger partial charge in [0.05, 0.1) is 0 Å². The lowest BCUT2D eigenvalue weighted by atomic mass is 10.1. The first-order valence-corrected chi connectivity index (χ1v) is 6.70. The molecule has 0 heterocycles. The molecule has 0 bridgehead atoms. The van der Waals surface area contributed by atoms with Crippen molar-refractivity contribution < 1.29 is 4.79 Å². The molecular formula is C16H17ClN2O. The topological polar surface area (TPSA) is 55.1 Å². The zero-order chi connectivity index (χ0) is 14.9. The van der Waals surface area contributed by atoms with Crippen LogP contribution in [0.1, 0.15) is 27.0 Å². The third-order valence-electron chi connectivity index (χ3n) is 3.29. The maximum absolute atomic E-state index is 12.3. The molecule has 0 fully saturated rings. The van der Waals surface area contributed by atoms with Crippen molar-refractivity contribution in [1.29, 1.82) is 0 Å². The van der Waals surface area contributed by atoms with Crippen LogP contribution in [0, 0.1) is 20.8 Å². The summed E-state index contributed by atoms with van der Waals surface area (Å²) in [6, 6.07) is 8.94. The minimum atomic E-state index is -0.162. The van der Waals surface area contributed by atoms with Crippen molar-refractivity contribution in [1.82, 2.24) is 0 Å². The molecule has 0 atom stereocenters. The zero-order valence-electron chi connectivity index (χ0n) is 11.8. The second-order valence-corrected chi connectivity index (χ2v) is 5.37. The summed E-state index contributed by atoms with van der Waals surface area (Å²) >= 11 is 5.90. The number of nitrogens with one attached hydrogen (secondary N) is 1. The molecule has 0 radical (unpaired) electrons. The molecule has 2 aromatic carbocycles. The van der Waals surface area contributed by atoms with Gasteiger partial charge in [-0.2, -0.15) is 0 Å². The fraction of sp³-hybridized carbons (Fsp3) is 0.188. The summed E-state index contributed by atoms with van der Waals surface area (Å²) in [7, 11) is 0. The van der Waals surface area contributed by atoms with Crippen molar-refractivity contribution in [2.45, 2.75) is 20.8 Å². The van der Waals surface area contributed by atoms with E-state index in [0.717, 1.165) is 22.4 Å². The smallest absolute Gasteiger partial charge is 0.255 e. The zero-order valence-corrected chi connectivity index (χ0v) is 12.5. The Kier molecular flexibility index (Phi) is 4.00. The van der Waals surface area contributed by atoms with E-state index in [1.54, 1.807) is 24.3 Å². The first-order valence-electron chi connectivity index (χ1n) is 6.32. The predicted molar refractivity (Wildman–Crippen MR) is 84.5 cm³/mol. The summed E-state index contributed by atoms with van der Waals surface area (Å²) in [6.07, 6.45) is 0. The lowest BCUT2D eigenvalue weighted by Gasteiger charge is -2.12. The summed E-state index contributed by atoms with van der Waals surface area (Å²) in [5, 5.41) is 3.51. The number of anilines is 2. The summed E-state index contributed by atoms with van der Waals surface area (Å²) in [4.78, 5) is 12.3. The molecule has 4 heteroatoms. The minimum Gasteiger partial charge on any atom is -0.398 e. The molecule has 2 rings (SSSR count). The average molecular weight is 289 g/mol. The second-order valence-electron chi connectivity index (χ2n) is 4.94. The first kappa shape index (κ1) is 14.4. The van der Waals surface area contributed by atoms with E-state index >= 15 is 0 Å². The second kappa shape index (κ2) is 5.55. The van der Waals surface area contributed by atoms with Crippen molar-refractivity contribution in [3.63, 3.8) is 0 Å². The van der Waals surface area contributed by atoms with E-state index in [9.17, 15) is 4.79 Å². The highest BCUT2D eigenvalue weighted by Crippen LogP contribution is 2.23. The third kappa shape index (κ3) is 2.94. The molecule has 0 aliphatic heterocycles. The number of hydrogen-bond donors (Lipinski definition) is 2. The maximum atomic E-state index is 12.3. The Hall–Kier alpha value is -2.00. The summed E-state index contributed by atoms with van der Waals surface area (Å²) in [5.74, 6) is -0.162. The molecule has 0 saturated carbocycles. The number of hydrogen-bond acceptors (Lipinski definition) is 2. The largest absolute Gasteiger partial charge is 0.398 e. The molecule has 0 unspecified atom stereocenters. The fourth-order valence-corrected chi connectivity index (χ4v) is 2.30. The van der Waals surface area contributed by atoms with Crippen molar-refractivity contribution in [2.24, 2.45) is 0 Å². The number of carbonyl (C=O) groups excluding carboxylic acids is 1. The molecule has 0 aliphatic carbocycles. The fourth-order valence-electron chi connectivity index (χ4n) is 2.08. The number of carbonyl (C=O) groups is 1. The Bertz CT molecular complexity index is 680. The van der Waals surface area contributed by atoms with Gasteiger partial charge in [-0.3, -0.25) is 4.79 Å². The lowest BCUT2D eigenvalue weighted by molar-refractivity contribution is 0.102. The van der Waals surface area contributed by atoms with Crippen LogP contribution < -0.4 is 11.1 Å². The molecule has 3 nitrogen and oxygen atoms in total. The Balaban J connectivity index is 2.30. The van der Waals surface area contributed by atoms with E-state index in [1.165, 1.54) is 0 Å². The predicted octanol–water partition coefficient (Wildman–Crippen LogP) is 4.10. The Labute approximate surface area is 123 Å². The summed E-state index contributed by atoms with van der Waals surface area (Å²) < 4.78 is 0. The standard InChI is InChI=1S/C16H17ClN2O/c1-9-7-12(17)4-5-13(9)16(20)19-15-8-14(18)10(2)6-11(15)3/h4-8H,18H2,1-3H3,(H,19,20). The van der Waals surface area contributed by atoms with E-state index in [2.05, 4.69) is 5.32 Å². The molecule has 20 heavy (non-hydrogen) atoms. The van der Waals surface area contributed by atoms with Crippen LogP contribution in [0.25, 0.3) is 0 Å². The van der Waals surface area contributed by atoms with E-state index in [4.69, 9.17) is 17.3 Å². The van der Waals surface area contributed by atoms with Crippen molar-refractivity contribution in [3.8, 4) is 0 Å². The molecule has 0 aliphatic rings. The Morgan fingerprint density at radius 3 is 2.40 bits per heavy atom. The lowest BCUT2D eigenvalue weighted by Crippen LogP contribution is -2.14. The molecule has 104 valence electrons. The number of rotatable bonds is 2. The van der Waals surface area contributed by atoms with Gasteiger partial charge >= 0.3 is 0 Å². The summed E-state index contributed by atoms with van der Waals surface area (Å²) in [6.45, 7) is 5.74. The van der Waals surface area contributed by atoms with Crippen LogP contribution in [0.4, 0.5) is 11.4 Å². The molecule has 0 saturated heterocycles. The van der Waals surface area contributed by atoms with Crippen LogP contribution in [0.3, 0.4) is 0 Å². The van der Waals surface area contributed by atoms with Crippen molar-refractivity contribution in [2.75, 3.05) is 11.1 Å². The molecule has 0 aromatic heterocycles. The SMILES string of the molecule is Cc1cc(C)c(NC(=O)c2ccc(Cl)cc2C)cc1N. The monoisotopic (exact) mass is 288 g/mol. The van der Waals surface area contributed by atoms with E-state index in [1.807, 2.05) is 26.8 Å². The van der Waals surface area contributed by atoms with Crippen LogP contribution in [0.5, 0.6) is 0 Å². The number of amides is 1. The van der Waals surface area contributed by atoms with E-state index in [0.29, 0.717) is 16.3 Å². The number of nitrogen functional groups attached to an aromatic ring is 1. The number of halogens is 1. The van der Waals surface area contributed by atoms with Gasteiger partial charge in [0.25, 0.3) is 5.91 Å². The quantitative estimate of drug-likeness (QED) is 0.818. The van der Waals surface area contributed by atoms with Crippen LogP contribution >= 0.6 is 11.6 Å². The van der Waals surface area contributed by atoms with Crippen molar-refractivity contribution in [3.05, 3.63) is 57.6 Å². The number of aryl methyl sites for hydroxylation is 3. The van der Waals surface area contributed by atoms with Gasteiger partial charge in [0.1, 0.15) is 0 Å². The van der Waals surface area contributed by atoms with E-state index in [-0.39, 0.29) is 5.91 Å². The van der Waals surface area contributed by atoms with Crippen LogP contribution in [0.15, 0.2) is 30.3 Å². The highest BCUT2D eigenvalue weighted by molar-refractivity contribution is 6.30. The summed E-state index contributed by atoms with van der Waals surface area (Å²) in [5.41, 5.74) is 10.7.